The Morgan fingerprint density at radius 3 is 2.94 bits per heavy atom. The van der Waals surface area contributed by atoms with Gasteiger partial charge in [-0.2, -0.15) is 0 Å². The third kappa shape index (κ3) is 2.49. The Morgan fingerprint density at radius 2 is 2.28 bits per heavy atom. The SMILES string of the molecule is COC1CN(c2c(F)cccc2CN)CCC1C. The molecule has 0 spiro atoms. The van der Waals surface area contributed by atoms with E-state index in [0.29, 0.717) is 18.2 Å². The second-order valence-corrected chi connectivity index (χ2v) is 4.94. The molecule has 2 unspecified atom stereocenters. The summed E-state index contributed by atoms with van der Waals surface area (Å²) in [5.41, 5.74) is 7.20. The Bertz CT molecular complexity index is 411. The first kappa shape index (κ1) is 13.3. The number of rotatable bonds is 3. The van der Waals surface area contributed by atoms with E-state index < -0.39 is 0 Å². The molecule has 1 aliphatic heterocycles. The molecule has 4 heteroatoms. The molecule has 2 rings (SSSR count). The fourth-order valence-electron chi connectivity index (χ4n) is 2.62. The molecule has 2 N–H and O–H groups in total. The molecular formula is C14H21FN2O. The van der Waals surface area contributed by atoms with Crippen molar-refractivity contribution in [3.8, 4) is 0 Å². The highest BCUT2D eigenvalue weighted by Gasteiger charge is 2.28. The summed E-state index contributed by atoms with van der Waals surface area (Å²) in [5, 5.41) is 0. The second kappa shape index (κ2) is 5.67. The lowest BCUT2D eigenvalue weighted by Crippen LogP contribution is -2.44. The maximum absolute atomic E-state index is 14.0. The summed E-state index contributed by atoms with van der Waals surface area (Å²) in [5.74, 6) is 0.321. The maximum Gasteiger partial charge on any atom is 0.146 e. The molecule has 1 saturated heterocycles. The van der Waals surface area contributed by atoms with Crippen LogP contribution in [0.3, 0.4) is 0 Å². The van der Waals surface area contributed by atoms with Crippen molar-refractivity contribution >= 4 is 5.69 Å². The van der Waals surface area contributed by atoms with Crippen molar-refractivity contribution in [3.05, 3.63) is 29.6 Å². The van der Waals surface area contributed by atoms with Gasteiger partial charge in [0.1, 0.15) is 5.82 Å². The van der Waals surface area contributed by atoms with Gasteiger partial charge in [0.2, 0.25) is 0 Å². The summed E-state index contributed by atoms with van der Waals surface area (Å²) < 4.78 is 19.5. The van der Waals surface area contributed by atoms with Crippen LogP contribution in [0.1, 0.15) is 18.9 Å². The Balaban J connectivity index is 2.26. The largest absolute Gasteiger partial charge is 0.379 e. The van der Waals surface area contributed by atoms with Crippen LogP contribution in [0.25, 0.3) is 0 Å². The minimum absolute atomic E-state index is 0.156. The Hall–Kier alpha value is -1.13. The Morgan fingerprint density at radius 1 is 1.50 bits per heavy atom. The zero-order chi connectivity index (χ0) is 13.1. The average molecular weight is 252 g/mol. The monoisotopic (exact) mass is 252 g/mol. The van der Waals surface area contributed by atoms with E-state index in [4.69, 9.17) is 10.5 Å². The summed E-state index contributed by atoms with van der Waals surface area (Å²) in [6, 6.07) is 5.09. The summed E-state index contributed by atoms with van der Waals surface area (Å²) in [4.78, 5) is 2.06. The summed E-state index contributed by atoms with van der Waals surface area (Å²) in [6.45, 7) is 4.12. The normalized spacial score (nSPS) is 24.3. The van der Waals surface area contributed by atoms with E-state index in [1.165, 1.54) is 6.07 Å². The maximum atomic E-state index is 14.0. The second-order valence-electron chi connectivity index (χ2n) is 4.94. The van der Waals surface area contributed by atoms with Crippen molar-refractivity contribution in [3.63, 3.8) is 0 Å². The minimum Gasteiger partial charge on any atom is -0.379 e. The van der Waals surface area contributed by atoms with E-state index in [2.05, 4.69) is 11.8 Å². The van der Waals surface area contributed by atoms with Crippen LogP contribution >= 0.6 is 0 Å². The molecule has 1 heterocycles. The van der Waals surface area contributed by atoms with Crippen LogP contribution < -0.4 is 10.6 Å². The van der Waals surface area contributed by atoms with Crippen LogP contribution in [-0.2, 0) is 11.3 Å². The molecule has 0 bridgehead atoms. The lowest BCUT2D eigenvalue weighted by atomic mass is 9.95. The van der Waals surface area contributed by atoms with Gasteiger partial charge in [-0.15, -0.1) is 0 Å². The lowest BCUT2D eigenvalue weighted by molar-refractivity contribution is 0.0496. The van der Waals surface area contributed by atoms with Gasteiger partial charge in [-0.3, -0.25) is 0 Å². The number of halogens is 1. The van der Waals surface area contributed by atoms with Crippen molar-refractivity contribution in [1.82, 2.24) is 0 Å². The number of benzene rings is 1. The molecule has 2 atom stereocenters. The predicted molar refractivity (Wildman–Crippen MR) is 71.1 cm³/mol. The first-order valence-corrected chi connectivity index (χ1v) is 6.42. The number of piperidine rings is 1. The number of hydrogen-bond acceptors (Lipinski definition) is 3. The molecule has 1 aromatic rings. The first-order chi connectivity index (χ1) is 8.67. The van der Waals surface area contributed by atoms with Crippen molar-refractivity contribution < 1.29 is 9.13 Å². The Labute approximate surface area is 108 Å². The molecule has 0 saturated carbocycles. The van der Waals surface area contributed by atoms with Crippen molar-refractivity contribution in [2.24, 2.45) is 11.7 Å². The number of hydrogen-bond donors (Lipinski definition) is 1. The standard InChI is InChI=1S/C14H21FN2O/c1-10-6-7-17(9-13(10)18-2)14-11(8-16)4-3-5-12(14)15/h3-5,10,13H,6-9,16H2,1-2H3. The molecule has 0 aromatic heterocycles. The molecule has 1 fully saturated rings. The number of para-hydroxylation sites is 1. The van der Waals surface area contributed by atoms with Crippen LogP contribution in [-0.4, -0.2) is 26.3 Å². The molecule has 1 aromatic carbocycles. The zero-order valence-electron chi connectivity index (χ0n) is 11.0. The van der Waals surface area contributed by atoms with E-state index >= 15 is 0 Å². The Kier molecular flexibility index (Phi) is 4.19. The molecule has 0 aliphatic carbocycles. The molecule has 100 valence electrons. The third-order valence-corrected chi connectivity index (χ3v) is 3.80. The minimum atomic E-state index is -0.192. The zero-order valence-corrected chi connectivity index (χ0v) is 11.0. The first-order valence-electron chi connectivity index (χ1n) is 6.42. The lowest BCUT2D eigenvalue weighted by Gasteiger charge is -2.38. The van der Waals surface area contributed by atoms with E-state index in [1.54, 1.807) is 13.2 Å². The molecule has 3 nitrogen and oxygen atoms in total. The average Bonchev–Trinajstić information content (AvgIpc) is 2.39. The molecule has 0 amide bonds. The van der Waals surface area contributed by atoms with Gasteiger partial charge < -0.3 is 15.4 Å². The third-order valence-electron chi connectivity index (χ3n) is 3.80. The van der Waals surface area contributed by atoms with Gasteiger partial charge in [0, 0.05) is 26.7 Å². The topological polar surface area (TPSA) is 38.5 Å². The molecular weight excluding hydrogens is 231 g/mol. The quantitative estimate of drug-likeness (QED) is 0.895. The van der Waals surface area contributed by atoms with Crippen molar-refractivity contribution in [1.29, 1.82) is 0 Å². The van der Waals surface area contributed by atoms with Gasteiger partial charge in [0.05, 0.1) is 11.8 Å². The van der Waals surface area contributed by atoms with E-state index in [9.17, 15) is 4.39 Å². The van der Waals surface area contributed by atoms with Crippen LogP contribution in [0.5, 0.6) is 0 Å². The van der Waals surface area contributed by atoms with Gasteiger partial charge in [-0.1, -0.05) is 19.1 Å². The van der Waals surface area contributed by atoms with Gasteiger partial charge in [0.15, 0.2) is 0 Å². The predicted octanol–water partition coefficient (Wildman–Crippen LogP) is 2.15. The molecule has 18 heavy (non-hydrogen) atoms. The van der Waals surface area contributed by atoms with Crippen LogP contribution in [0, 0.1) is 11.7 Å². The smallest absolute Gasteiger partial charge is 0.146 e. The number of nitrogens with zero attached hydrogens (tertiary/aromatic N) is 1. The highest BCUT2D eigenvalue weighted by Crippen LogP contribution is 2.29. The van der Waals surface area contributed by atoms with Gasteiger partial charge in [0.25, 0.3) is 0 Å². The number of methoxy groups -OCH3 is 1. The fourth-order valence-corrected chi connectivity index (χ4v) is 2.62. The van der Waals surface area contributed by atoms with Gasteiger partial charge in [-0.05, 0) is 24.0 Å². The van der Waals surface area contributed by atoms with Crippen LogP contribution in [0.4, 0.5) is 10.1 Å². The summed E-state index contributed by atoms with van der Waals surface area (Å²) in [7, 11) is 1.72. The van der Waals surface area contributed by atoms with Gasteiger partial charge >= 0.3 is 0 Å². The molecule has 1 aliphatic rings. The number of ether oxygens (including phenoxy) is 1. The van der Waals surface area contributed by atoms with Crippen molar-refractivity contribution in [2.45, 2.75) is 26.0 Å². The van der Waals surface area contributed by atoms with Crippen LogP contribution in [0.2, 0.25) is 0 Å². The summed E-state index contributed by atoms with van der Waals surface area (Å²) in [6.07, 6.45) is 1.17. The fraction of sp³-hybridized carbons (Fsp3) is 0.571. The van der Waals surface area contributed by atoms with Crippen molar-refractivity contribution in [2.75, 3.05) is 25.1 Å². The summed E-state index contributed by atoms with van der Waals surface area (Å²) >= 11 is 0. The van der Waals surface area contributed by atoms with E-state index in [-0.39, 0.29) is 11.9 Å². The van der Waals surface area contributed by atoms with E-state index in [0.717, 1.165) is 25.1 Å². The van der Waals surface area contributed by atoms with Gasteiger partial charge in [-0.25, -0.2) is 4.39 Å². The number of nitrogens with two attached hydrogens (primary N) is 1. The van der Waals surface area contributed by atoms with E-state index in [1.807, 2.05) is 6.07 Å². The highest BCUT2D eigenvalue weighted by molar-refractivity contribution is 5.55. The molecule has 0 radical (unpaired) electrons. The van der Waals surface area contributed by atoms with Crippen LogP contribution in [0.15, 0.2) is 18.2 Å². The number of anilines is 1. The highest BCUT2D eigenvalue weighted by atomic mass is 19.1.